The van der Waals surface area contributed by atoms with Crippen LogP contribution in [0.15, 0.2) is 66.0 Å². The summed E-state index contributed by atoms with van der Waals surface area (Å²) in [5, 5.41) is 0.183. The van der Waals surface area contributed by atoms with Crippen LogP contribution in [-0.4, -0.2) is 46.5 Å². The van der Waals surface area contributed by atoms with Crippen molar-refractivity contribution in [2.75, 3.05) is 20.8 Å². The van der Waals surface area contributed by atoms with E-state index in [1.54, 1.807) is 30.6 Å². The monoisotopic (exact) mass is 532 g/mol. The lowest BCUT2D eigenvalue weighted by Crippen LogP contribution is -2.20. The average Bonchev–Trinajstić information content (AvgIpc) is 2.88. The number of benzene rings is 1. The van der Waals surface area contributed by atoms with Gasteiger partial charge in [0.15, 0.2) is 0 Å². The van der Waals surface area contributed by atoms with Crippen molar-refractivity contribution >= 4 is 11.6 Å². The van der Waals surface area contributed by atoms with E-state index in [0.29, 0.717) is 22.4 Å². The van der Waals surface area contributed by atoms with Crippen molar-refractivity contribution in [3.63, 3.8) is 0 Å². The highest BCUT2D eigenvalue weighted by Crippen LogP contribution is 2.33. The van der Waals surface area contributed by atoms with Crippen LogP contribution in [0.3, 0.4) is 0 Å². The van der Waals surface area contributed by atoms with Crippen LogP contribution in [0.5, 0.6) is 17.6 Å². The Morgan fingerprint density at radius 3 is 2.51 bits per heavy atom. The summed E-state index contributed by atoms with van der Waals surface area (Å²) >= 11 is 6.24. The van der Waals surface area contributed by atoms with Gasteiger partial charge in [-0.05, 0) is 42.0 Å². The molecule has 0 aliphatic rings. The smallest absolute Gasteiger partial charge is 0.392 e. The number of alkyl halides is 3. The predicted molar refractivity (Wildman–Crippen MR) is 131 cm³/mol. The van der Waals surface area contributed by atoms with Crippen molar-refractivity contribution in [2.24, 2.45) is 0 Å². The summed E-state index contributed by atoms with van der Waals surface area (Å²) in [7, 11) is 2.85. The van der Waals surface area contributed by atoms with Crippen molar-refractivity contribution < 1.29 is 27.4 Å². The minimum atomic E-state index is -4.37. The Kier molecular flexibility index (Phi) is 7.63. The highest BCUT2D eigenvalue weighted by molar-refractivity contribution is 6.31. The van der Waals surface area contributed by atoms with Crippen molar-refractivity contribution in [2.45, 2.75) is 12.6 Å². The average molecular weight is 533 g/mol. The van der Waals surface area contributed by atoms with Gasteiger partial charge >= 0.3 is 12.2 Å². The predicted octanol–water partition coefficient (Wildman–Crippen LogP) is 5.36. The van der Waals surface area contributed by atoms with E-state index in [1.165, 1.54) is 49.4 Å². The standard InChI is InChI=1S/C25H20ClF3N4O4/c1-35-22-21(13-31-24(32-22)36-2)16-10-20(23(34)33(14-16)18-4-3-6-30-12-18)15-8-17(26)11-19(9-15)37-7-5-25(27,28)29/h3-4,6,8-14H,5,7H2,1-2H3. The van der Waals surface area contributed by atoms with Crippen LogP contribution in [0.25, 0.3) is 27.9 Å². The number of halogens is 4. The van der Waals surface area contributed by atoms with Gasteiger partial charge in [0.2, 0.25) is 5.88 Å². The van der Waals surface area contributed by atoms with Gasteiger partial charge in [-0.3, -0.25) is 14.3 Å². The van der Waals surface area contributed by atoms with Crippen molar-refractivity contribution in [3.05, 3.63) is 76.6 Å². The summed E-state index contributed by atoms with van der Waals surface area (Å²) < 4.78 is 54.9. The molecule has 0 N–H and O–H groups in total. The van der Waals surface area contributed by atoms with Crippen LogP contribution in [0.2, 0.25) is 5.02 Å². The lowest BCUT2D eigenvalue weighted by molar-refractivity contribution is -0.139. The zero-order chi connectivity index (χ0) is 26.6. The molecule has 0 aliphatic heterocycles. The second-order valence-electron chi connectivity index (χ2n) is 7.70. The molecule has 37 heavy (non-hydrogen) atoms. The molecule has 4 rings (SSSR count). The zero-order valence-electron chi connectivity index (χ0n) is 19.6. The Balaban J connectivity index is 1.88. The molecule has 12 heteroatoms. The molecule has 3 heterocycles. The highest BCUT2D eigenvalue weighted by Gasteiger charge is 2.27. The molecule has 0 saturated carbocycles. The topological polar surface area (TPSA) is 88.4 Å². The molecule has 0 fully saturated rings. The van der Waals surface area contributed by atoms with Crippen LogP contribution < -0.4 is 19.8 Å². The highest BCUT2D eigenvalue weighted by atomic mass is 35.5. The van der Waals surface area contributed by atoms with Crippen molar-refractivity contribution in [1.82, 2.24) is 19.5 Å². The fourth-order valence-corrected chi connectivity index (χ4v) is 3.74. The van der Waals surface area contributed by atoms with Crippen molar-refractivity contribution in [3.8, 4) is 45.6 Å². The van der Waals surface area contributed by atoms with Gasteiger partial charge in [0.25, 0.3) is 5.56 Å². The van der Waals surface area contributed by atoms with Crippen LogP contribution in [0, 0.1) is 0 Å². The number of hydrogen-bond acceptors (Lipinski definition) is 7. The van der Waals surface area contributed by atoms with Gasteiger partial charge in [-0.15, -0.1) is 0 Å². The number of ether oxygens (including phenoxy) is 3. The number of hydrogen-bond donors (Lipinski definition) is 0. The minimum Gasteiger partial charge on any atom is -0.493 e. The molecule has 192 valence electrons. The molecule has 4 aromatic rings. The number of aromatic nitrogens is 4. The first-order valence-electron chi connectivity index (χ1n) is 10.8. The van der Waals surface area contributed by atoms with Crippen molar-refractivity contribution in [1.29, 1.82) is 0 Å². The molecular formula is C25H20ClF3N4O4. The number of nitrogens with zero attached hydrogens (tertiary/aromatic N) is 4. The van der Waals surface area contributed by atoms with E-state index in [-0.39, 0.29) is 28.2 Å². The van der Waals surface area contributed by atoms with Gasteiger partial charge in [-0.1, -0.05) is 11.6 Å². The molecule has 0 spiro atoms. The normalized spacial score (nSPS) is 11.3. The lowest BCUT2D eigenvalue weighted by Gasteiger charge is -2.15. The summed E-state index contributed by atoms with van der Waals surface area (Å²) in [6.07, 6.45) is 0.664. The molecule has 8 nitrogen and oxygen atoms in total. The molecule has 0 saturated heterocycles. The first kappa shape index (κ1) is 26.0. The van der Waals surface area contributed by atoms with Gasteiger partial charge in [0.05, 0.1) is 44.7 Å². The Bertz CT molecular complexity index is 1460. The Hall–Kier alpha value is -4.12. The minimum absolute atomic E-state index is 0.0924. The molecule has 0 aliphatic carbocycles. The first-order chi connectivity index (χ1) is 17.7. The first-order valence-corrected chi connectivity index (χ1v) is 11.2. The molecule has 0 bridgehead atoms. The van der Waals surface area contributed by atoms with Gasteiger partial charge in [-0.2, -0.15) is 18.2 Å². The summed E-state index contributed by atoms with van der Waals surface area (Å²) in [4.78, 5) is 26.0. The molecule has 0 radical (unpaired) electrons. The molecular weight excluding hydrogens is 513 g/mol. The maximum atomic E-state index is 13.6. The largest absolute Gasteiger partial charge is 0.493 e. The Morgan fingerprint density at radius 2 is 1.84 bits per heavy atom. The number of pyridine rings is 2. The van der Waals surface area contributed by atoms with E-state index in [9.17, 15) is 18.0 Å². The fraction of sp³-hybridized carbons (Fsp3) is 0.200. The third-order valence-electron chi connectivity index (χ3n) is 5.20. The van der Waals surface area contributed by atoms with E-state index >= 15 is 0 Å². The summed E-state index contributed by atoms with van der Waals surface area (Å²) in [6, 6.07) is 9.42. The zero-order valence-corrected chi connectivity index (χ0v) is 20.4. The van der Waals surface area contributed by atoms with Crippen LogP contribution in [0.4, 0.5) is 13.2 Å². The molecule has 3 aromatic heterocycles. The number of rotatable bonds is 8. The van der Waals surface area contributed by atoms with E-state index < -0.39 is 24.8 Å². The Morgan fingerprint density at radius 1 is 1.03 bits per heavy atom. The van der Waals surface area contributed by atoms with Gasteiger partial charge in [0.1, 0.15) is 5.75 Å². The van der Waals surface area contributed by atoms with E-state index in [2.05, 4.69) is 15.0 Å². The lowest BCUT2D eigenvalue weighted by atomic mass is 10.0. The fourth-order valence-electron chi connectivity index (χ4n) is 3.51. The van der Waals surface area contributed by atoms with E-state index in [4.69, 9.17) is 25.8 Å². The van der Waals surface area contributed by atoms with Gasteiger partial charge < -0.3 is 14.2 Å². The van der Waals surface area contributed by atoms with E-state index in [0.717, 1.165) is 0 Å². The van der Waals surface area contributed by atoms with Gasteiger partial charge in [-0.25, -0.2) is 4.98 Å². The number of methoxy groups -OCH3 is 2. The summed E-state index contributed by atoms with van der Waals surface area (Å²) in [6.45, 7) is -0.594. The van der Waals surface area contributed by atoms with Gasteiger partial charge in [0, 0.05) is 34.7 Å². The maximum Gasteiger partial charge on any atom is 0.392 e. The van der Waals surface area contributed by atoms with Crippen LogP contribution >= 0.6 is 11.6 Å². The maximum absolute atomic E-state index is 13.6. The molecule has 0 amide bonds. The van der Waals surface area contributed by atoms with E-state index in [1.807, 2.05) is 0 Å². The third-order valence-corrected chi connectivity index (χ3v) is 5.41. The Labute approximate surface area is 214 Å². The van der Waals surface area contributed by atoms with Crippen LogP contribution in [0.1, 0.15) is 6.42 Å². The summed E-state index contributed by atoms with van der Waals surface area (Å²) in [5.41, 5.74) is 1.57. The summed E-state index contributed by atoms with van der Waals surface area (Å²) in [5.74, 6) is 0.297. The second kappa shape index (κ2) is 10.9. The molecule has 0 unspecified atom stereocenters. The second-order valence-corrected chi connectivity index (χ2v) is 8.13. The quantitative estimate of drug-likeness (QED) is 0.302. The molecule has 1 aromatic carbocycles. The molecule has 0 atom stereocenters. The third kappa shape index (κ3) is 6.18. The van der Waals surface area contributed by atoms with Crippen LogP contribution in [-0.2, 0) is 0 Å². The SMILES string of the molecule is COc1ncc(-c2cc(-c3cc(Cl)cc(OCCC(F)(F)F)c3)c(=O)n(-c3cccnc3)c2)c(OC)n1.